The second kappa shape index (κ2) is 2.79. The third-order valence-corrected chi connectivity index (χ3v) is 1.15. The van der Waals surface area contributed by atoms with Crippen molar-refractivity contribution in [2.75, 3.05) is 0 Å². The van der Waals surface area contributed by atoms with Crippen LogP contribution in [0.15, 0.2) is 31.1 Å². The van der Waals surface area contributed by atoms with Gasteiger partial charge in [-0.25, -0.2) is 4.85 Å². The molecule has 1 aromatic rings. The van der Waals surface area contributed by atoms with E-state index in [-0.39, 0.29) is 0 Å². The van der Waals surface area contributed by atoms with Gasteiger partial charge in [0.2, 0.25) is 0 Å². The SMILES string of the molecule is [C-]#[N+]C(=C)c1ccncc1. The van der Waals surface area contributed by atoms with Gasteiger partial charge in [0.1, 0.15) is 0 Å². The Hall–Kier alpha value is -1.62. The predicted molar refractivity (Wildman–Crippen MR) is 39.9 cm³/mol. The van der Waals surface area contributed by atoms with Gasteiger partial charge in [-0.15, -0.1) is 0 Å². The van der Waals surface area contributed by atoms with Crippen LogP contribution in [0.3, 0.4) is 0 Å². The van der Waals surface area contributed by atoms with Crippen LogP contribution in [-0.4, -0.2) is 4.98 Å². The molecule has 0 radical (unpaired) electrons. The minimum Gasteiger partial charge on any atom is -0.265 e. The molecule has 0 bridgehead atoms. The molecule has 0 amide bonds. The lowest BCUT2D eigenvalue weighted by Gasteiger charge is -1.91. The molecule has 1 heterocycles. The Morgan fingerprint density at radius 3 is 2.60 bits per heavy atom. The van der Waals surface area contributed by atoms with Gasteiger partial charge in [0.05, 0.1) is 6.57 Å². The minimum atomic E-state index is 0.461. The highest BCUT2D eigenvalue weighted by atomic mass is 14.7. The van der Waals surface area contributed by atoms with Gasteiger partial charge in [-0.05, 0) is 17.7 Å². The molecule has 0 aliphatic heterocycles. The third-order valence-electron chi connectivity index (χ3n) is 1.15. The number of hydrogen-bond acceptors (Lipinski definition) is 1. The Labute approximate surface area is 59.7 Å². The van der Waals surface area contributed by atoms with Gasteiger partial charge in [-0.1, -0.05) is 6.58 Å². The summed E-state index contributed by atoms with van der Waals surface area (Å²) in [5.74, 6) is 0. The first kappa shape index (κ1) is 6.50. The van der Waals surface area contributed by atoms with Crippen LogP contribution in [0, 0.1) is 6.57 Å². The van der Waals surface area contributed by atoms with Crippen molar-refractivity contribution in [3.05, 3.63) is 48.1 Å². The quantitative estimate of drug-likeness (QED) is 0.531. The molecule has 0 N–H and O–H groups in total. The average Bonchev–Trinajstić information content (AvgIpc) is 2.05. The maximum atomic E-state index is 6.65. The summed E-state index contributed by atoms with van der Waals surface area (Å²) in [5.41, 5.74) is 1.30. The smallest absolute Gasteiger partial charge is 0.187 e. The number of rotatable bonds is 1. The molecule has 0 unspecified atom stereocenters. The highest BCUT2D eigenvalue weighted by molar-refractivity contribution is 5.67. The van der Waals surface area contributed by atoms with E-state index in [9.17, 15) is 0 Å². The first-order valence-corrected chi connectivity index (χ1v) is 2.81. The lowest BCUT2D eigenvalue weighted by atomic mass is 10.2. The average molecular weight is 130 g/mol. The van der Waals surface area contributed by atoms with Crippen molar-refractivity contribution in [3.8, 4) is 0 Å². The molecule has 2 nitrogen and oxygen atoms in total. The van der Waals surface area contributed by atoms with Crippen LogP contribution in [0.4, 0.5) is 0 Å². The van der Waals surface area contributed by atoms with Crippen LogP contribution in [0.2, 0.25) is 0 Å². The zero-order valence-electron chi connectivity index (χ0n) is 5.41. The van der Waals surface area contributed by atoms with Gasteiger partial charge in [0.25, 0.3) is 0 Å². The zero-order valence-corrected chi connectivity index (χ0v) is 5.41. The highest BCUT2D eigenvalue weighted by Gasteiger charge is 1.93. The van der Waals surface area contributed by atoms with Crippen molar-refractivity contribution in [2.24, 2.45) is 0 Å². The van der Waals surface area contributed by atoms with Crippen LogP contribution in [0.5, 0.6) is 0 Å². The summed E-state index contributed by atoms with van der Waals surface area (Å²) < 4.78 is 0. The summed E-state index contributed by atoms with van der Waals surface area (Å²) in [6, 6.07) is 3.53. The summed E-state index contributed by atoms with van der Waals surface area (Å²) >= 11 is 0. The molecule has 1 rings (SSSR count). The summed E-state index contributed by atoms with van der Waals surface area (Å²) in [6.45, 7) is 10.2. The van der Waals surface area contributed by atoms with Crippen molar-refractivity contribution in [3.63, 3.8) is 0 Å². The van der Waals surface area contributed by atoms with Crippen molar-refractivity contribution in [2.45, 2.75) is 0 Å². The molecular weight excluding hydrogens is 124 g/mol. The van der Waals surface area contributed by atoms with E-state index in [1.54, 1.807) is 24.5 Å². The molecular formula is C8H6N2. The Kier molecular flexibility index (Phi) is 1.81. The van der Waals surface area contributed by atoms with E-state index in [4.69, 9.17) is 6.57 Å². The van der Waals surface area contributed by atoms with E-state index in [2.05, 4.69) is 16.4 Å². The summed E-state index contributed by atoms with van der Waals surface area (Å²) in [7, 11) is 0. The van der Waals surface area contributed by atoms with Gasteiger partial charge in [0.15, 0.2) is 5.70 Å². The first-order valence-electron chi connectivity index (χ1n) is 2.81. The monoisotopic (exact) mass is 130 g/mol. The molecule has 0 aromatic carbocycles. The highest BCUT2D eigenvalue weighted by Crippen LogP contribution is 2.10. The van der Waals surface area contributed by atoms with Gasteiger partial charge in [-0.2, -0.15) is 0 Å². The molecule has 0 saturated carbocycles. The van der Waals surface area contributed by atoms with Crippen molar-refractivity contribution >= 4 is 5.70 Å². The molecule has 0 fully saturated rings. The van der Waals surface area contributed by atoms with Crippen molar-refractivity contribution < 1.29 is 0 Å². The standard InChI is InChI=1S/C8H6N2/c1-7(9-2)8-3-5-10-6-4-8/h3-6H,1H2. The van der Waals surface area contributed by atoms with E-state index < -0.39 is 0 Å². The van der Waals surface area contributed by atoms with E-state index >= 15 is 0 Å². The number of nitrogens with zero attached hydrogens (tertiary/aromatic N) is 2. The molecule has 0 atom stereocenters. The summed E-state index contributed by atoms with van der Waals surface area (Å²) in [5, 5.41) is 0. The van der Waals surface area contributed by atoms with Crippen molar-refractivity contribution in [1.82, 2.24) is 4.98 Å². The summed E-state index contributed by atoms with van der Waals surface area (Å²) in [4.78, 5) is 7.00. The topological polar surface area (TPSA) is 17.2 Å². The van der Waals surface area contributed by atoms with E-state index in [0.29, 0.717) is 5.70 Å². The molecule has 0 aliphatic rings. The lowest BCUT2D eigenvalue weighted by molar-refractivity contribution is 1.32. The second-order valence-electron chi connectivity index (χ2n) is 1.79. The molecule has 1 aromatic heterocycles. The van der Waals surface area contributed by atoms with Crippen LogP contribution in [-0.2, 0) is 0 Å². The normalized spacial score (nSPS) is 8.30. The minimum absolute atomic E-state index is 0.461. The Morgan fingerprint density at radius 2 is 2.10 bits per heavy atom. The Balaban J connectivity index is 2.99. The maximum Gasteiger partial charge on any atom is 0.187 e. The van der Waals surface area contributed by atoms with Gasteiger partial charge < -0.3 is 0 Å². The van der Waals surface area contributed by atoms with E-state index in [1.807, 2.05) is 0 Å². The predicted octanol–water partition coefficient (Wildman–Crippen LogP) is 1.97. The lowest BCUT2D eigenvalue weighted by Crippen LogP contribution is -1.76. The van der Waals surface area contributed by atoms with Crippen LogP contribution < -0.4 is 0 Å². The van der Waals surface area contributed by atoms with Crippen LogP contribution in [0.1, 0.15) is 5.56 Å². The fraction of sp³-hybridized carbons (Fsp3) is 0. The molecule has 48 valence electrons. The van der Waals surface area contributed by atoms with Crippen LogP contribution in [0.25, 0.3) is 10.5 Å². The van der Waals surface area contributed by atoms with Crippen LogP contribution >= 0.6 is 0 Å². The molecule has 0 spiro atoms. The van der Waals surface area contributed by atoms with Gasteiger partial charge in [0, 0.05) is 12.4 Å². The summed E-state index contributed by atoms with van der Waals surface area (Å²) in [6.07, 6.45) is 3.29. The maximum absolute atomic E-state index is 6.65. The number of hydrogen-bond donors (Lipinski definition) is 0. The van der Waals surface area contributed by atoms with Gasteiger partial charge in [-0.3, -0.25) is 4.98 Å². The Morgan fingerprint density at radius 1 is 1.50 bits per heavy atom. The van der Waals surface area contributed by atoms with E-state index in [1.165, 1.54) is 0 Å². The fourth-order valence-corrected chi connectivity index (χ4v) is 0.609. The van der Waals surface area contributed by atoms with E-state index in [0.717, 1.165) is 5.56 Å². The fourth-order valence-electron chi connectivity index (χ4n) is 0.609. The Bertz CT molecular complexity index is 269. The molecule has 2 heteroatoms. The molecule has 0 saturated heterocycles. The first-order chi connectivity index (χ1) is 4.84. The van der Waals surface area contributed by atoms with Gasteiger partial charge >= 0.3 is 0 Å². The number of aromatic nitrogens is 1. The third kappa shape index (κ3) is 1.20. The van der Waals surface area contributed by atoms with Crippen molar-refractivity contribution in [1.29, 1.82) is 0 Å². The molecule has 10 heavy (non-hydrogen) atoms. The second-order valence-corrected chi connectivity index (χ2v) is 1.79. The molecule has 0 aliphatic carbocycles. The largest absolute Gasteiger partial charge is 0.265 e. The number of pyridine rings is 1. The zero-order chi connectivity index (χ0) is 7.40.